The number of amides is 1. The second kappa shape index (κ2) is 7.14. The van der Waals surface area contributed by atoms with Gasteiger partial charge in [-0.15, -0.1) is 0 Å². The summed E-state index contributed by atoms with van der Waals surface area (Å²) in [6.07, 6.45) is 0. The fourth-order valence-electron chi connectivity index (χ4n) is 1.98. The number of nitrogens with zero attached hydrogens (tertiary/aromatic N) is 1. The zero-order chi connectivity index (χ0) is 15.3. The van der Waals surface area contributed by atoms with Gasteiger partial charge in [-0.3, -0.25) is 4.79 Å². The third kappa shape index (κ3) is 4.42. The molecular formula is C15H26N4O. The molecule has 1 unspecified atom stereocenters. The van der Waals surface area contributed by atoms with Crippen LogP contribution in [0.5, 0.6) is 0 Å². The normalized spacial score (nSPS) is 12.6. The lowest BCUT2D eigenvalue weighted by Crippen LogP contribution is -2.36. The number of nitrogens with one attached hydrogen (secondary N) is 2. The summed E-state index contributed by atoms with van der Waals surface area (Å²) in [6, 6.07) is 5.57. The highest BCUT2D eigenvalue weighted by molar-refractivity contribution is 5.96. The Labute approximate surface area is 121 Å². The van der Waals surface area contributed by atoms with E-state index in [1.165, 1.54) is 0 Å². The quantitative estimate of drug-likeness (QED) is 0.692. The molecule has 0 aliphatic heterocycles. The van der Waals surface area contributed by atoms with Crippen molar-refractivity contribution in [2.45, 2.75) is 19.9 Å². The maximum Gasteiger partial charge on any atom is 0.251 e. The predicted octanol–water partition coefficient (Wildman–Crippen LogP) is 1.63. The van der Waals surface area contributed by atoms with Crippen molar-refractivity contribution in [3.8, 4) is 0 Å². The summed E-state index contributed by atoms with van der Waals surface area (Å²) in [5.41, 5.74) is 8.08. The lowest BCUT2D eigenvalue weighted by molar-refractivity contribution is 0.0963. The van der Waals surface area contributed by atoms with Crippen LogP contribution in [-0.2, 0) is 0 Å². The van der Waals surface area contributed by atoms with Crippen molar-refractivity contribution in [2.24, 2.45) is 5.92 Å². The van der Waals surface area contributed by atoms with Crippen LogP contribution in [0.3, 0.4) is 0 Å². The van der Waals surface area contributed by atoms with Crippen LogP contribution in [0, 0.1) is 5.92 Å². The standard InChI is InChI=1S/C15H26N4O/c1-10(2)14(9-19(4)5)18-13-8-11(15(20)17-3)6-7-12(13)16/h6-8,10,14,18H,9,16H2,1-5H3,(H,17,20). The number of rotatable bonds is 6. The van der Waals surface area contributed by atoms with Gasteiger partial charge in [0.2, 0.25) is 0 Å². The number of anilines is 2. The Bertz CT molecular complexity index is 457. The molecule has 4 N–H and O–H groups in total. The van der Waals surface area contributed by atoms with Gasteiger partial charge in [0.05, 0.1) is 11.4 Å². The molecule has 0 heterocycles. The van der Waals surface area contributed by atoms with Crippen molar-refractivity contribution in [1.29, 1.82) is 0 Å². The Morgan fingerprint density at radius 2 is 2.00 bits per heavy atom. The van der Waals surface area contributed by atoms with Crippen molar-refractivity contribution in [1.82, 2.24) is 10.2 Å². The summed E-state index contributed by atoms with van der Waals surface area (Å²) in [5.74, 6) is 0.349. The molecule has 5 nitrogen and oxygen atoms in total. The largest absolute Gasteiger partial charge is 0.397 e. The number of benzene rings is 1. The van der Waals surface area contributed by atoms with Crippen LogP contribution in [0.4, 0.5) is 11.4 Å². The highest BCUT2D eigenvalue weighted by Crippen LogP contribution is 2.22. The molecule has 0 saturated carbocycles. The maximum absolute atomic E-state index is 11.7. The van der Waals surface area contributed by atoms with E-state index in [1.54, 1.807) is 25.2 Å². The molecule has 0 aliphatic carbocycles. The van der Waals surface area contributed by atoms with Gasteiger partial charge >= 0.3 is 0 Å². The number of carbonyl (C=O) groups excluding carboxylic acids is 1. The van der Waals surface area contributed by atoms with Gasteiger partial charge in [0.1, 0.15) is 0 Å². The predicted molar refractivity (Wildman–Crippen MR) is 85.0 cm³/mol. The molecule has 0 radical (unpaired) electrons. The van der Waals surface area contributed by atoms with Crippen LogP contribution in [0.1, 0.15) is 24.2 Å². The molecule has 0 spiro atoms. The second-order valence-corrected chi connectivity index (χ2v) is 5.64. The van der Waals surface area contributed by atoms with E-state index in [1.807, 2.05) is 14.1 Å². The molecule has 0 bridgehead atoms. The van der Waals surface area contributed by atoms with E-state index in [2.05, 4.69) is 29.4 Å². The fourth-order valence-corrected chi connectivity index (χ4v) is 1.98. The summed E-state index contributed by atoms with van der Waals surface area (Å²) in [7, 11) is 5.71. The van der Waals surface area contributed by atoms with E-state index in [-0.39, 0.29) is 11.9 Å². The molecule has 0 aliphatic rings. The molecule has 1 rings (SSSR count). The number of hydrogen-bond donors (Lipinski definition) is 3. The van der Waals surface area contributed by atoms with E-state index in [9.17, 15) is 4.79 Å². The van der Waals surface area contributed by atoms with E-state index in [0.29, 0.717) is 17.2 Å². The molecule has 1 amide bonds. The highest BCUT2D eigenvalue weighted by atomic mass is 16.1. The second-order valence-electron chi connectivity index (χ2n) is 5.64. The van der Waals surface area contributed by atoms with Gasteiger partial charge in [0, 0.05) is 25.2 Å². The van der Waals surface area contributed by atoms with Gasteiger partial charge in [-0.2, -0.15) is 0 Å². The molecule has 112 valence electrons. The van der Waals surface area contributed by atoms with E-state index in [4.69, 9.17) is 5.73 Å². The lowest BCUT2D eigenvalue weighted by atomic mass is 10.0. The molecule has 0 fully saturated rings. The topological polar surface area (TPSA) is 70.4 Å². The third-order valence-electron chi connectivity index (χ3n) is 3.25. The molecule has 0 aromatic heterocycles. The SMILES string of the molecule is CNC(=O)c1ccc(N)c(NC(CN(C)C)C(C)C)c1. The molecule has 20 heavy (non-hydrogen) atoms. The molecular weight excluding hydrogens is 252 g/mol. The number of carbonyl (C=O) groups is 1. The van der Waals surface area contributed by atoms with Crippen LogP contribution in [0.25, 0.3) is 0 Å². The summed E-state index contributed by atoms with van der Waals surface area (Å²) in [6.45, 7) is 5.24. The van der Waals surface area contributed by atoms with E-state index < -0.39 is 0 Å². The fraction of sp³-hybridized carbons (Fsp3) is 0.533. The Hall–Kier alpha value is -1.75. The Kier molecular flexibility index (Phi) is 5.82. The Morgan fingerprint density at radius 1 is 1.35 bits per heavy atom. The summed E-state index contributed by atoms with van der Waals surface area (Å²) >= 11 is 0. The first-order valence-corrected chi connectivity index (χ1v) is 6.88. The van der Waals surface area contributed by atoms with Crippen molar-refractivity contribution < 1.29 is 4.79 Å². The first kappa shape index (κ1) is 16.3. The molecule has 1 aromatic rings. The third-order valence-corrected chi connectivity index (χ3v) is 3.25. The highest BCUT2D eigenvalue weighted by Gasteiger charge is 2.16. The molecule has 5 heteroatoms. The van der Waals surface area contributed by atoms with Crippen molar-refractivity contribution >= 4 is 17.3 Å². The molecule has 1 aromatic carbocycles. The van der Waals surface area contributed by atoms with Crippen LogP contribution in [0.2, 0.25) is 0 Å². The number of nitrogens with two attached hydrogens (primary N) is 1. The summed E-state index contributed by atoms with van der Waals surface area (Å²) in [4.78, 5) is 13.8. The molecule has 0 saturated heterocycles. The Morgan fingerprint density at radius 3 is 2.50 bits per heavy atom. The number of nitrogen functional groups attached to an aromatic ring is 1. The average Bonchev–Trinajstić information content (AvgIpc) is 2.38. The van der Waals surface area contributed by atoms with Crippen LogP contribution in [-0.4, -0.2) is 44.5 Å². The maximum atomic E-state index is 11.7. The van der Waals surface area contributed by atoms with Crippen molar-refractivity contribution in [2.75, 3.05) is 38.7 Å². The zero-order valence-electron chi connectivity index (χ0n) is 13.0. The smallest absolute Gasteiger partial charge is 0.251 e. The van der Waals surface area contributed by atoms with Gasteiger partial charge in [0.25, 0.3) is 5.91 Å². The number of likely N-dealkylation sites (N-methyl/N-ethyl adjacent to an activating group) is 1. The van der Waals surface area contributed by atoms with E-state index in [0.717, 1.165) is 12.2 Å². The Balaban J connectivity index is 2.96. The number of hydrogen-bond acceptors (Lipinski definition) is 4. The van der Waals surface area contributed by atoms with Crippen LogP contribution >= 0.6 is 0 Å². The van der Waals surface area contributed by atoms with Gasteiger partial charge < -0.3 is 21.3 Å². The van der Waals surface area contributed by atoms with E-state index >= 15 is 0 Å². The first-order chi connectivity index (χ1) is 9.35. The van der Waals surface area contributed by atoms with Crippen molar-refractivity contribution in [3.05, 3.63) is 23.8 Å². The summed E-state index contributed by atoms with van der Waals surface area (Å²) < 4.78 is 0. The summed E-state index contributed by atoms with van der Waals surface area (Å²) in [5, 5.41) is 6.07. The van der Waals surface area contributed by atoms with Gasteiger partial charge in [0.15, 0.2) is 0 Å². The zero-order valence-corrected chi connectivity index (χ0v) is 13.0. The minimum atomic E-state index is -0.109. The average molecular weight is 278 g/mol. The monoisotopic (exact) mass is 278 g/mol. The van der Waals surface area contributed by atoms with Gasteiger partial charge in [-0.25, -0.2) is 0 Å². The van der Waals surface area contributed by atoms with Crippen LogP contribution < -0.4 is 16.4 Å². The first-order valence-electron chi connectivity index (χ1n) is 6.88. The molecule has 1 atom stereocenters. The minimum absolute atomic E-state index is 0.109. The van der Waals surface area contributed by atoms with Crippen LogP contribution in [0.15, 0.2) is 18.2 Å². The van der Waals surface area contributed by atoms with Gasteiger partial charge in [-0.1, -0.05) is 13.8 Å². The van der Waals surface area contributed by atoms with Gasteiger partial charge in [-0.05, 0) is 38.2 Å². The van der Waals surface area contributed by atoms with Crippen molar-refractivity contribution in [3.63, 3.8) is 0 Å². The lowest BCUT2D eigenvalue weighted by Gasteiger charge is -2.27. The minimum Gasteiger partial charge on any atom is -0.397 e.